The van der Waals surface area contributed by atoms with Crippen LogP contribution in [0.15, 0.2) is 46.7 Å². The highest BCUT2D eigenvalue weighted by Crippen LogP contribution is 2.33. The number of fused-ring (bicyclic) bond motifs is 1. The van der Waals surface area contributed by atoms with Gasteiger partial charge >= 0.3 is 0 Å². The number of aliphatic imine (C=N–C) groups is 1. The van der Waals surface area contributed by atoms with Crippen molar-refractivity contribution < 1.29 is 23.4 Å². The molecule has 2 aliphatic rings. The minimum absolute atomic E-state index is 0.00637. The molecule has 2 unspecified atom stereocenters. The van der Waals surface area contributed by atoms with Crippen LogP contribution in [-0.4, -0.2) is 80.9 Å². The molecule has 3 atom stereocenters. The lowest BCUT2D eigenvalue weighted by atomic mass is 9.94. The van der Waals surface area contributed by atoms with Crippen molar-refractivity contribution in [2.45, 2.75) is 31.7 Å². The fourth-order valence-electron chi connectivity index (χ4n) is 4.53. The van der Waals surface area contributed by atoms with E-state index in [4.69, 9.17) is 26.6 Å². The number of nitrogens with zero attached hydrogens (tertiary/aromatic N) is 7. The Kier molecular flexibility index (Phi) is 8.21. The maximum atomic E-state index is 14.9. The van der Waals surface area contributed by atoms with Gasteiger partial charge in [0.15, 0.2) is 11.6 Å². The van der Waals surface area contributed by atoms with Crippen LogP contribution in [-0.2, 0) is 4.74 Å². The number of hydrogen-bond acceptors (Lipinski definition) is 10. The second-order valence-corrected chi connectivity index (χ2v) is 9.85. The number of ether oxygens (including phenoxy) is 2. The number of allylic oxidation sites excluding steroid dienone is 1. The summed E-state index contributed by atoms with van der Waals surface area (Å²) in [6.07, 6.45) is 4.90. The van der Waals surface area contributed by atoms with Crippen molar-refractivity contribution in [2.75, 3.05) is 32.9 Å². The number of pyridine rings is 1. The van der Waals surface area contributed by atoms with Crippen molar-refractivity contribution in [3.8, 4) is 5.75 Å². The van der Waals surface area contributed by atoms with Crippen LogP contribution < -0.4 is 4.74 Å². The van der Waals surface area contributed by atoms with Crippen LogP contribution in [0.3, 0.4) is 0 Å². The molecular weight excluding hydrogens is 534 g/mol. The molecule has 206 valence electrons. The lowest BCUT2D eigenvalue weighted by Crippen LogP contribution is -2.54. The number of piperidine rings is 1. The molecule has 0 aromatic carbocycles. The molecule has 3 aromatic rings. The number of aliphatic hydroxyl groups excluding tert-OH is 1. The zero-order valence-electron chi connectivity index (χ0n) is 21.0. The second-order valence-electron chi connectivity index (χ2n) is 9.44. The van der Waals surface area contributed by atoms with Crippen molar-refractivity contribution in [1.29, 1.82) is 5.53 Å². The first kappa shape index (κ1) is 27.2. The zero-order valence-corrected chi connectivity index (χ0v) is 21.8. The number of hydrogen-bond donors (Lipinski definition) is 2. The van der Waals surface area contributed by atoms with Crippen molar-refractivity contribution in [3.05, 3.63) is 58.8 Å². The highest BCUT2D eigenvalue weighted by molar-refractivity contribution is 6.34. The first-order chi connectivity index (χ1) is 18.8. The highest BCUT2D eigenvalue weighted by atomic mass is 35.5. The number of rotatable bonds is 9. The largest absolute Gasteiger partial charge is 0.488 e. The highest BCUT2D eigenvalue weighted by Gasteiger charge is 2.34. The number of likely N-dealkylation sites (tertiary alicyclic amines) is 1. The molecular formula is C25H27ClF2N8O3. The summed E-state index contributed by atoms with van der Waals surface area (Å²) in [4.78, 5) is 14.1. The molecule has 2 N–H and O–H groups in total. The van der Waals surface area contributed by atoms with Gasteiger partial charge in [0.1, 0.15) is 35.8 Å². The Morgan fingerprint density at radius 3 is 2.79 bits per heavy atom. The maximum Gasteiger partial charge on any atom is 0.160 e. The molecule has 11 nitrogen and oxygen atoms in total. The normalized spacial score (nSPS) is 22.1. The van der Waals surface area contributed by atoms with Gasteiger partial charge in [-0.2, -0.15) is 10.2 Å². The van der Waals surface area contributed by atoms with Crippen molar-refractivity contribution in [1.82, 2.24) is 24.5 Å². The van der Waals surface area contributed by atoms with E-state index in [1.807, 2.05) is 0 Å². The average molecular weight is 561 g/mol. The molecule has 0 bridgehead atoms. The smallest absolute Gasteiger partial charge is 0.160 e. The number of halogens is 3. The molecule has 14 heteroatoms. The minimum atomic E-state index is -1.24. The number of aliphatic hydroxyl groups is 1. The van der Waals surface area contributed by atoms with E-state index in [2.05, 4.69) is 30.1 Å². The van der Waals surface area contributed by atoms with Crippen molar-refractivity contribution in [2.24, 2.45) is 16.0 Å². The van der Waals surface area contributed by atoms with Crippen LogP contribution >= 0.6 is 11.6 Å². The fraction of sp³-hybridized carbons (Fsp3) is 0.440. The Balaban J connectivity index is 1.35. The Morgan fingerprint density at radius 1 is 1.36 bits per heavy atom. The van der Waals surface area contributed by atoms with Gasteiger partial charge < -0.3 is 14.6 Å². The molecule has 0 radical (unpaired) electrons. The summed E-state index contributed by atoms with van der Waals surface area (Å²) < 4.78 is 40.5. The molecule has 2 fully saturated rings. The zero-order chi connectivity index (χ0) is 27.5. The van der Waals surface area contributed by atoms with Crippen LogP contribution in [0.2, 0.25) is 5.02 Å². The molecule has 0 saturated carbocycles. The van der Waals surface area contributed by atoms with E-state index in [-0.39, 0.29) is 29.8 Å². The Labute approximate surface area is 227 Å². The lowest BCUT2D eigenvalue weighted by molar-refractivity contribution is -0.0812. The quantitative estimate of drug-likeness (QED) is 0.300. The predicted octanol–water partition coefficient (Wildman–Crippen LogP) is 3.88. The second kappa shape index (κ2) is 11.8. The minimum Gasteiger partial charge on any atom is -0.488 e. The van der Waals surface area contributed by atoms with Gasteiger partial charge in [0.2, 0.25) is 0 Å². The van der Waals surface area contributed by atoms with Gasteiger partial charge in [0, 0.05) is 30.4 Å². The van der Waals surface area contributed by atoms with Crippen LogP contribution in [0.1, 0.15) is 30.8 Å². The Bertz CT molecular complexity index is 1400. The number of aromatic nitrogens is 4. The molecule has 0 spiro atoms. The molecule has 39 heavy (non-hydrogen) atoms. The van der Waals surface area contributed by atoms with Gasteiger partial charge in [-0.05, 0) is 26.0 Å². The summed E-state index contributed by atoms with van der Waals surface area (Å²) in [5.41, 5.74) is 9.32. The standard InChI is InChI=1S/C25H27ClF2N8O3/c1-14(30-5-15-2-3-35(10-20(15)28)18-11-38-12-18)23(34-29)16-4-22(24-19(26)8-33-36(24)9-16)39-13-21(37)25-31-6-17(27)7-32-25/h4-9,15,18,20-21,29,37H,2-3,10-13H2,1H3/b23-14-,30-5?,34-29?/t15?,20-,21?/m0/s1. The first-order valence-corrected chi connectivity index (χ1v) is 12.8. The molecule has 0 amide bonds. The maximum absolute atomic E-state index is 14.9. The van der Waals surface area contributed by atoms with E-state index in [1.54, 1.807) is 25.4 Å². The third-order valence-corrected chi connectivity index (χ3v) is 7.09. The fourth-order valence-corrected chi connectivity index (χ4v) is 4.75. The molecule has 3 aromatic heterocycles. The Morgan fingerprint density at radius 2 is 2.13 bits per heavy atom. The number of nitrogens with one attached hydrogen (secondary N) is 1. The SMILES string of the molecule is C/C(N=CC1CCN(C2COC2)C[C@@H]1F)=C(/N=N)c1cc(OCC(O)c2ncc(F)cn2)c2c(Cl)cnn2c1. The first-order valence-electron chi connectivity index (χ1n) is 12.4. The van der Waals surface area contributed by atoms with Crippen molar-refractivity contribution in [3.63, 3.8) is 0 Å². The van der Waals surface area contributed by atoms with Gasteiger partial charge in [0.05, 0.1) is 48.6 Å². The number of alkyl halides is 1. The summed E-state index contributed by atoms with van der Waals surface area (Å²) in [7, 11) is 0. The molecule has 5 rings (SSSR count). The van der Waals surface area contributed by atoms with Gasteiger partial charge in [0.25, 0.3) is 0 Å². The molecule has 2 saturated heterocycles. The monoisotopic (exact) mass is 560 g/mol. The van der Waals surface area contributed by atoms with Crippen LogP contribution in [0.25, 0.3) is 11.2 Å². The predicted molar refractivity (Wildman–Crippen MR) is 138 cm³/mol. The van der Waals surface area contributed by atoms with E-state index in [9.17, 15) is 13.9 Å². The Hall–Kier alpha value is -3.39. The van der Waals surface area contributed by atoms with Gasteiger partial charge in [-0.1, -0.05) is 11.6 Å². The summed E-state index contributed by atoms with van der Waals surface area (Å²) >= 11 is 6.31. The van der Waals surface area contributed by atoms with E-state index in [0.29, 0.717) is 54.0 Å². The van der Waals surface area contributed by atoms with Crippen molar-refractivity contribution >= 4 is 29.0 Å². The van der Waals surface area contributed by atoms with E-state index in [1.165, 1.54) is 10.7 Å². The van der Waals surface area contributed by atoms with Crippen LogP contribution in [0.4, 0.5) is 8.78 Å². The van der Waals surface area contributed by atoms with Crippen LogP contribution in [0.5, 0.6) is 5.75 Å². The third kappa shape index (κ3) is 5.96. The molecule has 5 heterocycles. The summed E-state index contributed by atoms with van der Waals surface area (Å²) in [5.74, 6) is -0.718. The summed E-state index contributed by atoms with van der Waals surface area (Å²) in [6, 6.07) is 1.90. The molecule has 0 aliphatic carbocycles. The van der Waals surface area contributed by atoms with E-state index < -0.39 is 18.1 Å². The summed E-state index contributed by atoms with van der Waals surface area (Å²) in [6.45, 7) is 3.85. The van der Waals surface area contributed by atoms with Crippen LogP contribution in [0, 0.1) is 17.3 Å². The summed E-state index contributed by atoms with van der Waals surface area (Å²) in [5, 5.41) is 18.6. The van der Waals surface area contributed by atoms with Gasteiger partial charge in [-0.15, -0.1) is 0 Å². The topological polar surface area (TPSA) is 134 Å². The molecule has 2 aliphatic heterocycles. The average Bonchev–Trinajstić information content (AvgIpc) is 3.27. The van der Waals surface area contributed by atoms with E-state index in [0.717, 1.165) is 18.9 Å². The van der Waals surface area contributed by atoms with E-state index >= 15 is 0 Å². The lowest BCUT2D eigenvalue weighted by Gasteiger charge is -2.42. The van der Waals surface area contributed by atoms with Gasteiger partial charge in [-0.3, -0.25) is 9.89 Å². The van der Waals surface area contributed by atoms with Gasteiger partial charge in [-0.25, -0.2) is 28.8 Å². The third-order valence-electron chi connectivity index (χ3n) is 6.81.